The molecule has 17 heavy (non-hydrogen) atoms. The molecule has 1 atom stereocenters. The summed E-state index contributed by atoms with van der Waals surface area (Å²) in [5.74, 6) is 1.68. The molecular formula is C12H20N4O. The van der Waals surface area contributed by atoms with Gasteiger partial charge in [0.1, 0.15) is 5.82 Å². The third-order valence-electron chi connectivity index (χ3n) is 3.01. The van der Waals surface area contributed by atoms with Crippen LogP contribution in [0.15, 0.2) is 12.3 Å². The Kier molecular flexibility index (Phi) is 4.14. The summed E-state index contributed by atoms with van der Waals surface area (Å²) in [7, 11) is 1.78. The van der Waals surface area contributed by atoms with Crippen molar-refractivity contribution in [2.75, 3.05) is 37.0 Å². The molecule has 5 nitrogen and oxygen atoms in total. The minimum absolute atomic E-state index is 0.321. The molecule has 0 radical (unpaired) electrons. The van der Waals surface area contributed by atoms with Gasteiger partial charge < -0.3 is 15.0 Å². The molecule has 0 aliphatic carbocycles. The van der Waals surface area contributed by atoms with Crippen LogP contribution in [0.25, 0.3) is 0 Å². The molecule has 1 aromatic rings. The van der Waals surface area contributed by atoms with Crippen LogP contribution in [-0.4, -0.2) is 42.8 Å². The largest absolute Gasteiger partial charge is 0.380 e. The predicted molar refractivity (Wildman–Crippen MR) is 68.4 cm³/mol. The van der Waals surface area contributed by atoms with Crippen molar-refractivity contribution in [1.82, 2.24) is 9.97 Å². The van der Waals surface area contributed by atoms with Crippen molar-refractivity contribution in [3.63, 3.8) is 0 Å². The number of anilines is 2. The number of piperidine rings is 1. The number of nitrogens with one attached hydrogen (secondary N) is 1. The molecule has 0 saturated carbocycles. The highest BCUT2D eigenvalue weighted by atomic mass is 16.5. The lowest BCUT2D eigenvalue weighted by atomic mass is 10.1. The van der Waals surface area contributed by atoms with Gasteiger partial charge in [-0.3, -0.25) is 0 Å². The Bertz CT molecular complexity index is 358. The van der Waals surface area contributed by atoms with E-state index >= 15 is 0 Å². The fourth-order valence-electron chi connectivity index (χ4n) is 2.11. The summed E-state index contributed by atoms with van der Waals surface area (Å²) in [5.41, 5.74) is 0. The second-order valence-corrected chi connectivity index (χ2v) is 4.21. The highest BCUT2D eigenvalue weighted by Gasteiger charge is 2.20. The lowest BCUT2D eigenvalue weighted by molar-refractivity contribution is 0.0891. The zero-order valence-corrected chi connectivity index (χ0v) is 10.5. The lowest BCUT2D eigenvalue weighted by Gasteiger charge is -2.32. The molecule has 0 aromatic carbocycles. The molecule has 1 aliphatic rings. The second-order valence-electron chi connectivity index (χ2n) is 4.21. The highest BCUT2D eigenvalue weighted by Crippen LogP contribution is 2.19. The summed E-state index contributed by atoms with van der Waals surface area (Å²) in [6.45, 7) is 4.84. The van der Waals surface area contributed by atoms with E-state index < -0.39 is 0 Å². The van der Waals surface area contributed by atoms with Crippen LogP contribution in [0.5, 0.6) is 0 Å². The van der Waals surface area contributed by atoms with E-state index in [1.165, 1.54) is 0 Å². The fraction of sp³-hybridized carbons (Fsp3) is 0.667. The summed E-state index contributed by atoms with van der Waals surface area (Å²) in [4.78, 5) is 11.0. The van der Waals surface area contributed by atoms with E-state index in [0.717, 1.165) is 38.3 Å². The van der Waals surface area contributed by atoms with Gasteiger partial charge in [-0.15, -0.1) is 0 Å². The van der Waals surface area contributed by atoms with Crippen LogP contribution < -0.4 is 10.2 Å². The third kappa shape index (κ3) is 3.06. The molecule has 0 bridgehead atoms. The van der Waals surface area contributed by atoms with Crippen LogP contribution in [0, 0.1) is 0 Å². The van der Waals surface area contributed by atoms with Gasteiger partial charge in [0.15, 0.2) is 0 Å². The number of hydrogen-bond donors (Lipinski definition) is 1. The van der Waals surface area contributed by atoms with E-state index in [1.54, 1.807) is 13.3 Å². The minimum atomic E-state index is 0.321. The van der Waals surface area contributed by atoms with Crippen molar-refractivity contribution in [1.29, 1.82) is 0 Å². The maximum absolute atomic E-state index is 5.42. The standard InChI is InChI=1S/C12H20N4O/c1-3-13-12-14-7-6-11(15-12)16-8-4-5-10(9-16)17-2/h6-7,10H,3-5,8-9H2,1-2H3,(H,13,14,15). The number of rotatable bonds is 4. The molecule has 2 rings (SSSR count). The van der Waals surface area contributed by atoms with E-state index in [1.807, 2.05) is 13.0 Å². The molecule has 0 amide bonds. The second kappa shape index (κ2) is 5.82. The molecule has 1 aliphatic heterocycles. The maximum atomic E-state index is 5.42. The molecular weight excluding hydrogens is 216 g/mol. The summed E-state index contributed by atoms with van der Waals surface area (Å²) in [6, 6.07) is 1.96. The number of aromatic nitrogens is 2. The summed E-state index contributed by atoms with van der Waals surface area (Å²) < 4.78 is 5.42. The average Bonchev–Trinajstić information content (AvgIpc) is 2.40. The van der Waals surface area contributed by atoms with Crippen LogP contribution in [0.1, 0.15) is 19.8 Å². The smallest absolute Gasteiger partial charge is 0.224 e. The van der Waals surface area contributed by atoms with Gasteiger partial charge in [-0.05, 0) is 25.8 Å². The molecule has 1 aromatic heterocycles. The summed E-state index contributed by atoms with van der Waals surface area (Å²) in [6.07, 6.45) is 4.41. The zero-order chi connectivity index (χ0) is 12.1. The predicted octanol–water partition coefficient (Wildman–Crippen LogP) is 1.52. The van der Waals surface area contributed by atoms with E-state index in [9.17, 15) is 0 Å². The highest BCUT2D eigenvalue weighted by molar-refractivity contribution is 5.42. The lowest BCUT2D eigenvalue weighted by Crippen LogP contribution is -2.39. The van der Waals surface area contributed by atoms with Gasteiger partial charge in [0.25, 0.3) is 0 Å². The topological polar surface area (TPSA) is 50.3 Å². The third-order valence-corrected chi connectivity index (χ3v) is 3.01. The van der Waals surface area contributed by atoms with E-state index in [4.69, 9.17) is 4.74 Å². The Labute approximate surface area is 102 Å². The van der Waals surface area contributed by atoms with Gasteiger partial charge in [0.05, 0.1) is 6.10 Å². The quantitative estimate of drug-likeness (QED) is 0.859. The van der Waals surface area contributed by atoms with Crippen LogP contribution in [-0.2, 0) is 4.74 Å². The molecule has 2 heterocycles. The maximum Gasteiger partial charge on any atom is 0.224 e. The van der Waals surface area contributed by atoms with Gasteiger partial charge in [-0.2, -0.15) is 4.98 Å². The number of hydrogen-bond acceptors (Lipinski definition) is 5. The van der Waals surface area contributed by atoms with Gasteiger partial charge >= 0.3 is 0 Å². The molecule has 5 heteroatoms. The van der Waals surface area contributed by atoms with E-state index in [2.05, 4.69) is 20.2 Å². The molecule has 1 N–H and O–H groups in total. The molecule has 1 fully saturated rings. The van der Waals surface area contributed by atoms with Crippen molar-refractivity contribution < 1.29 is 4.74 Å². The van der Waals surface area contributed by atoms with Crippen molar-refractivity contribution in [2.45, 2.75) is 25.9 Å². The molecule has 94 valence electrons. The SMILES string of the molecule is CCNc1nccc(N2CCCC(OC)C2)n1. The van der Waals surface area contributed by atoms with Crippen molar-refractivity contribution in [2.24, 2.45) is 0 Å². The molecule has 0 spiro atoms. The van der Waals surface area contributed by atoms with E-state index in [-0.39, 0.29) is 0 Å². The van der Waals surface area contributed by atoms with Crippen LogP contribution in [0.3, 0.4) is 0 Å². The Morgan fingerprint density at radius 1 is 1.59 bits per heavy atom. The Morgan fingerprint density at radius 3 is 3.24 bits per heavy atom. The minimum Gasteiger partial charge on any atom is -0.380 e. The zero-order valence-electron chi connectivity index (χ0n) is 10.5. The van der Waals surface area contributed by atoms with Crippen molar-refractivity contribution in [3.05, 3.63) is 12.3 Å². The van der Waals surface area contributed by atoms with Crippen molar-refractivity contribution in [3.8, 4) is 0 Å². The first-order valence-electron chi connectivity index (χ1n) is 6.18. The summed E-state index contributed by atoms with van der Waals surface area (Å²) in [5, 5.41) is 3.13. The van der Waals surface area contributed by atoms with Gasteiger partial charge in [0, 0.05) is 32.9 Å². The monoisotopic (exact) mass is 236 g/mol. The fourth-order valence-corrected chi connectivity index (χ4v) is 2.11. The van der Waals surface area contributed by atoms with Crippen LogP contribution in [0.4, 0.5) is 11.8 Å². The Balaban J connectivity index is 2.07. The first-order valence-corrected chi connectivity index (χ1v) is 6.18. The number of ether oxygens (including phenoxy) is 1. The van der Waals surface area contributed by atoms with Gasteiger partial charge in [-0.1, -0.05) is 0 Å². The number of nitrogens with zero attached hydrogens (tertiary/aromatic N) is 3. The number of methoxy groups -OCH3 is 1. The van der Waals surface area contributed by atoms with Crippen LogP contribution >= 0.6 is 0 Å². The summed E-state index contributed by atoms with van der Waals surface area (Å²) >= 11 is 0. The average molecular weight is 236 g/mol. The molecule has 1 unspecified atom stereocenters. The van der Waals surface area contributed by atoms with Crippen molar-refractivity contribution >= 4 is 11.8 Å². The molecule has 1 saturated heterocycles. The normalized spacial score (nSPS) is 20.4. The Morgan fingerprint density at radius 2 is 2.47 bits per heavy atom. The first kappa shape index (κ1) is 12.1. The first-order chi connectivity index (χ1) is 8.33. The van der Waals surface area contributed by atoms with Gasteiger partial charge in [0.2, 0.25) is 5.95 Å². The van der Waals surface area contributed by atoms with E-state index in [0.29, 0.717) is 12.1 Å². The Hall–Kier alpha value is -1.36. The van der Waals surface area contributed by atoms with Crippen LogP contribution in [0.2, 0.25) is 0 Å². The van der Waals surface area contributed by atoms with Gasteiger partial charge in [-0.25, -0.2) is 4.98 Å².